The maximum absolute atomic E-state index is 13.4. The highest BCUT2D eigenvalue weighted by atomic mass is 79.9. The molecule has 0 saturated carbocycles. The Kier molecular flexibility index (Phi) is 5.62. The van der Waals surface area contributed by atoms with Crippen molar-refractivity contribution in [1.82, 2.24) is 4.98 Å². The summed E-state index contributed by atoms with van der Waals surface area (Å²) < 4.78 is 0.850. The average molecular weight is 515 g/mol. The van der Waals surface area contributed by atoms with Crippen LogP contribution in [-0.2, 0) is 9.59 Å². The van der Waals surface area contributed by atoms with E-state index in [-0.39, 0.29) is 11.3 Å². The molecule has 0 spiro atoms. The van der Waals surface area contributed by atoms with Crippen LogP contribution in [0.5, 0.6) is 0 Å². The van der Waals surface area contributed by atoms with Gasteiger partial charge in [0.1, 0.15) is 5.76 Å². The summed E-state index contributed by atoms with van der Waals surface area (Å²) in [5.41, 5.74) is 3.94. The molecule has 2 N–H and O–H groups in total. The molecule has 0 bridgehead atoms. The quantitative estimate of drug-likeness (QED) is 0.181. The summed E-state index contributed by atoms with van der Waals surface area (Å²) in [7, 11) is 0. The Morgan fingerprint density at radius 2 is 1.65 bits per heavy atom. The van der Waals surface area contributed by atoms with Gasteiger partial charge < -0.3 is 10.1 Å². The van der Waals surface area contributed by atoms with Gasteiger partial charge in [-0.15, -0.1) is 0 Å². The van der Waals surface area contributed by atoms with Crippen molar-refractivity contribution in [2.24, 2.45) is 0 Å². The number of ketones is 1. The van der Waals surface area contributed by atoms with Crippen molar-refractivity contribution in [3.8, 4) is 0 Å². The van der Waals surface area contributed by atoms with E-state index < -0.39 is 17.7 Å². The zero-order valence-corrected chi connectivity index (χ0v) is 20.3. The largest absolute Gasteiger partial charge is 0.507 e. The number of carbonyl (C=O) groups is 2. The van der Waals surface area contributed by atoms with Crippen molar-refractivity contribution in [1.29, 1.82) is 0 Å². The molecule has 1 atom stereocenters. The number of amides is 1. The van der Waals surface area contributed by atoms with Crippen molar-refractivity contribution < 1.29 is 14.7 Å². The summed E-state index contributed by atoms with van der Waals surface area (Å²) in [4.78, 5) is 31.5. The number of fused-ring (bicyclic) bond motifs is 1. The molecule has 5 rings (SSSR count). The van der Waals surface area contributed by atoms with Crippen LogP contribution in [0.25, 0.3) is 16.7 Å². The zero-order chi connectivity index (χ0) is 24.0. The summed E-state index contributed by atoms with van der Waals surface area (Å²) in [6, 6.07) is 21.6. The van der Waals surface area contributed by atoms with E-state index >= 15 is 0 Å². The smallest absolute Gasteiger partial charge is 0.300 e. The van der Waals surface area contributed by atoms with Crippen molar-refractivity contribution in [2.75, 3.05) is 4.90 Å². The number of Topliss-reactive ketones (excluding diaryl/α,β-unsaturated/α-hetero) is 1. The van der Waals surface area contributed by atoms with Gasteiger partial charge in [-0.2, -0.15) is 0 Å². The number of aromatic amines is 1. The first-order valence-electron chi connectivity index (χ1n) is 11.1. The second-order valence-corrected chi connectivity index (χ2v) is 9.63. The van der Waals surface area contributed by atoms with Crippen molar-refractivity contribution >= 4 is 50.0 Å². The highest BCUT2D eigenvalue weighted by molar-refractivity contribution is 9.10. The summed E-state index contributed by atoms with van der Waals surface area (Å²) in [6.07, 6.45) is 1.81. The Hall–Kier alpha value is -3.64. The number of hydrogen-bond donors (Lipinski definition) is 2. The van der Waals surface area contributed by atoms with Crippen LogP contribution in [0.1, 0.15) is 42.5 Å². The summed E-state index contributed by atoms with van der Waals surface area (Å²) in [5.74, 6) is -1.22. The number of H-pyrrole nitrogens is 1. The number of rotatable bonds is 4. The van der Waals surface area contributed by atoms with Crippen molar-refractivity contribution in [2.45, 2.75) is 25.8 Å². The van der Waals surface area contributed by atoms with Crippen LogP contribution in [0, 0.1) is 0 Å². The lowest BCUT2D eigenvalue weighted by Crippen LogP contribution is -2.29. The third kappa shape index (κ3) is 3.64. The highest BCUT2D eigenvalue weighted by Crippen LogP contribution is 2.44. The number of benzene rings is 3. The molecule has 1 aromatic heterocycles. The van der Waals surface area contributed by atoms with E-state index in [2.05, 4.69) is 34.8 Å². The molecular formula is C28H23BrN2O3. The van der Waals surface area contributed by atoms with Gasteiger partial charge in [0.25, 0.3) is 11.7 Å². The molecule has 2 heterocycles. The molecule has 0 radical (unpaired) electrons. The number of halogens is 1. The van der Waals surface area contributed by atoms with Gasteiger partial charge in [-0.1, -0.05) is 72.2 Å². The molecule has 1 saturated heterocycles. The van der Waals surface area contributed by atoms with Gasteiger partial charge in [0.05, 0.1) is 11.6 Å². The number of carbonyl (C=O) groups excluding carboxylic acids is 2. The monoisotopic (exact) mass is 514 g/mol. The summed E-state index contributed by atoms with van der Waals surface area (Å²) in [6.45, 7) is 4.21. The third-order valence-corrected chi connectivity index (χ3v) is 6.84. The van der Waals surface area contributed by atoms with E-state index in [1.165, 1.54) is 4.90 Å². The fourth-order valence-electron chi connectivity index (χ4n) is 4.50. The molecule has 1 fully saturated rings. The lowest BCUT2D eigenvalue weighted by molar-refractivity contribution is -0.132. The average Bonchev–Trinajstić information content (AvgIpc) is 3.38. The van der Waals surface area contributed by atoms with E-state index in [1.807, 2.05) is 54.7 Å². The fourth-order valence-corrected chi connectivity index (χ4v) is 4.76. The fraction of sp³-hybridized carbons (Fsp3) is 0.143. The molecule has 6 heteroatoms. The van der Waals surface area contributed by atoms with Gasteiger partial charge >= 0.3 is 0 Å². The Morgan fingerprint density at radius 3 is 2.32 bits per heavy atom. The first kappa shape index (κ1) is 22.2. The molecule has 1 aliphatic heterocycles. The highest BCUT2D eigenvalue weighted by Gasteiger charge is 2.47. The van der Waals surface area contributed by atoms with Crippen LogP contribution in [0.2, 0.25) is 0 Å². The Bertz CT molecular complexity index is 1430. The summed E-state index contributed by atoms with van der Waals surface area (Å²) >= 11 is 3.39. The van der Waals surface area contributed by atoms with Crippen LogP contribution in [-0.4, -0.2) is 21.8 Å². The second kappa shape index (κ2) is 8.61. The van der Waals surface area contributed by atoms with Gasteiger partial charge in [-0.05, 0) is 41.8 Å². The van der Waals surface area contributed by atoms with Crippen LogP contribution in [0.4, 0.5) is 5.69 Å². The first-order chi connectivity index (χ1) is 16.4. The minimum absolute atomic E-state index is 0.0741. The Balaban J connectivity index is 1.74. The van der Waals surface area contributed by atoms with Gasteiger partial charge in [0, 0.05) is 38.4 Å². The molecule has 1 aliphatic rings. The van der Waals surface area contributed by atoms with Crippen LogP contribution < -0.4 is 4.90 Å². The normalized spacial score (nSPS) is 17.8. The molecule has 4 aromatic rings. The predicted molar refractivity (Wildman–Crippen MR) is 138 cm³/mol. The lowest BCUT2D eigenvalue weighted by atomic mass is 9.94. The van der Waals surface area contributed by atoms with E-state index in [9.17, 15) is 14.7 Å². The maximum Gasteiger partial charge on any atom is 0.300 e. The lowest BCUT2D eigenvalue weighted by Gasteiger charge is -2.25. The molecule has 0 aliphatic carbocycles. The maximum atomic E-state index is 13.4. The number of nitrogens with zero attached hydrogens (tertiary/aromatic N) is 1. The van der Waals surface area contributed by atoms with Crippen LogP contribution in [0.15, 0.2) is 89.0 Å². The standard InChI is InChI=1S/C28H23BrN2O3/c1-16(2)17-9-13-20(14-10-17)31-25(22-15-30-23-6-4-3-5-21(22)23)24(27(33)28(31)34)26(32)18-7-11-19(29)12-8-18/h3-16,25,30,32H,1-2H3/b26-24+. The molecule has 170 valence electrons. The minimum atomic E-state index is -0.773. The van der Waals surface area contributed by atoms with Gasteiger partial charge in [0.2, 0.25) is 0 Å². The molecule has 1 amide bonds. The number of aliphatic hydroxyl groups is 1. The van der Waals surface area contributed by atoms with E-state index in [4.69, 9.17) is 0 Å². The van der Waals surface area contributed by atoms with Crippen molar-refractivity contribution in [3.05, 3.63) is 106 Å². The molecule has 34 heavy (non-hydrogen) atoms. The second-order valence-electron chi connectivity index (χ2n) is 8.71. The molecule has 3 aromatic carbocycles. The Labute approximate surface area is 205 Å². The van der Waals surface area contributed by atoms with Crippen molar-refractivity contribution in [3.63, 3.8) is 0 Å². The number of aliphatic hydroxyl groups excluding tert-OH is 1. The minimum Gasteiger partial charge on any atom is -0.507 e. The topological polar surface area (TPSA) is 73.4 Å². The van der Waals surface area contributed by atoms with E-state index in [1.54, 1.807) is 24.3 Å². The molecule has 5 nitrogen and oxygen atoms in total. The summed E-state index contributed by atoms with van der Waals surface area (Å²) in [5, 5.41) is 12.2. The first-order valence-corrected chi connectivity index (χ1v) is 11.9. The molecular weight excluding hydrogens is 492 g/mol. The third-order valence-electron chi connectivity index (χ3n) is 6.32. The van der Waals surface area contributed by atoms with E-state index in [0.717, 1.165) is 26.5 Å². The Morgan fingerprint density at radius 1 is 0.971 bits per heavy atom. The predicted octanol–water partition coefficient (Wildman–Crippen LogP) is 6.68. The van der Waals surface area contributed by atoms with Gasteiger partial charge in [0.15, 0.2) is 0 Å². The van der Waals surface area contributed by atoms with E-state index in [0.29, 0.717) is 17.2 Å². The number of aromatic nitrogens is 1. The zero-order valence-electron chi connectivity index (χ0n) is 18.7. The van der Waals surface area contributed by atoms with Crippen LogP contribution in [0.3, 0.4) is 0 Å². The number of hydrogen-bond acceptors (Lipinski definition) is 3. The number of nitrogens with one attached hydrogen (secondary N) is 1. The molecule has 1 unspecified atom stereocenters. The van der Waals surface area contributed by atoms with Gasteiger partial charge in [-0.25, -0.2) is 0 Å². The number of anilines is 1. The number of para-hydroxylation sites is 1. The van der Waals surface area contributed by atoms with Gasteiger partial charge in [-0.3, -0.25) is 14.5 Å². The SMILES string of the molecule is CC(C)c1ccc(N2C(=O)C(=O)/C(=C(/O)c3ccc(Br)cc3)C2c2c[nH]c3ccccc23)cc1. The van der Waals surface area contributed by atoms with Crippen LogP contribution >= 0.6 is 15.9 Å².